The molecule has 3 aromatic rings. The largest absolute Gasteiger partial charge is 0.494 e. The second-order valence-electron chi connectivity index (χ2n) is 5.36. The molecule has 0 aliphatic carbocycles. The fourth-order valence-electron chi connectivity index (χ4n) is 2.61. The lowest BCUT2D eigenvalue weighted by Gasteiger charge is -2.17. The van der Waals surface area contributed by atoms with Crippen molar-refractivity contribution in [2.45, 2.75) is 20.0 Å². The van der Waals surface area contributed by atoms with Gasteiger partial charge in [-0.2, -0.15) is 0 Å². The lowest BCUT2D eigenvalue weighted by Crippen LogP contribution is -2.17. The van der Waals surface area contributed by atoms with Gasteiger partial charge in [-0.25, -0.2) is 4.98 Å². The maximum Gasteiger partial charge on any atom is 0.145 e. The number of fused-ring (bicyclic) bond motifs is 1. The Morgan fingerprint density at radius 2 is 2.09 bits per heavy atom. The summed E-state index contributed by atoms with van der Waals surface area (Å²) in [4.78, 5) is 11.2. The van der Waals surface area contributed by atoms with Crippen LogP contribution in [0, 0.1) is 6.92 Å². The number of ether oxygens (including phenoxy) is 1. The van der Waals surface area contributed by atoms with Gasteiger partial charge in [0.25, 0.3) is 0 Å². The SMILES string of the molecule is COc1ccc(CN(C)Cc2csc(C)n2)c2cccnc12. The molecule has 0 aliphatic heterocycles. The summed E-state index contributed by atoms with van der Waals surface area (Å²) in [6.45, 7) is 3.73. The van der Waals surface area contributed by atoms with Crippen LogP contribution in [0.3, 0.4) is 0 Å². The Labute approximate surface area is 134 Å². The summed E-state index contributed by atoms with van der Waals surface area (Å²) in [6.07, 6.45) is 1.80. The van der Waals surface area contributed by atoms with E-state index in [1.807, 2.05) is 19.1 Å². The van der Waals surface area contributed by atoms with Gasteiger partial charge in [-0.15, -0.1) is 11.3 Å². The normalized spacial score (nSPS) is 11.3. The molecule has 2 aromatic heterocycles. The van der Waals surface area contributed by atoms with E-state index in [0.717, 1.165) is 40.4 Å². The molecule has 3 rings (SSSR count). The highest BCUT2D eigenvalue weighted by atomic mass is 32.1. The number of hydrogen-bond donors (Lipinski definition) is 0. The zero-order valence-corrected chi connectivity index (χ0v) is 13.9. The Balaban J connectivity index is 1.84. The molecule has 5 heteroatoms. The van der Waals surface area contributed by atoms with Gasteiger partial charge in [0, 0.05) is 30.1 Å². The molecule has 0 aliphatic rings. The molecule has 2 heterocycles. The summed E-state index contributed by atoms with van der Waals surface area (Å²) in [6, 6.07) is 8.17. The van der Waals surface area contributed by atoms with Crippen molar-refractivity contribution in [1.29, 1.82) is 0 Å². The highest BCUT2D eigenvalue weighted by Gasteiger charge is 2.10. The molecule has 0 radical (unpaired) electrons. The molecular formula is C17H19N3OS. The lowest BCUT2D eigenvalue weighted by molar-refractivity contribution is 0.316. The van der Waals surface area contributed by atoms with Crippen molar-refractivity contribution in [2.75, 3.05) is 14.2 Å². The topological polar surface area (TPSA) is 38.2 Å². The van der Waals surface area contributed by atoms with Crippen LogP contribution >= 0.6 is 11.3 Å². The van der Waals surface area contributed by atoms with E-state index in [0.29, 0.717) is 0 Å². The molecule has 0 unspecified atom stereocenters. The van der Waals surface area contributed by atoms with Crippen LogP contribution in [0.15, 0.2) is 35.8 Å². The first-order valence-corrected chi connectivity index (χ1v) is 8.05. The molecule has 0 fully saturated rings. The average molecular weight is 313 g/mol. The minimum atomic E-state index is 0.817. The first-order chi connectivity index (χ1) is 10.7. The summed E-state index contributed by atoms with van der Waals surface area (Å²) >= 11 is 1.70. The van der Waals surface area contributed by atoms with Gasteiger partial charge in [0.15, 0.2) is 0 Å². The van der Waals surface area contributed by atoms with Gasteiger partial charge in [0.1, 0.15) is 11.3 Å². The van der Waals surface area contributed by atoms with E-state index in [1.54, 1.807) is 24.6 Å². The Bertz CT molecular complexity index is 784. The van der Waals surface area contributed by atoms with Gasteiger partial charge in [-0.3, -0.25) is 9.88 Å². The van der Waals surface area contributed by atoms with Crippen LogP contribution in [0.5, 0.6) is 5.75 Å². The van der Waals surface area contributed by atoms with Crippen LogP contribution in [0.2, 0.25) is 0 Å². The summed E-state index contributed by atoms with van der Waals surface area (Å²) in [5.74, 6) is 0.817. The molecule has 0 amide bonds. The van der Waals surface area contributed by atoms with Crippen molar-refractivity contribution in [3.63, 3.8) is 0 Å². The first-order valence-electron chi connectivity index (χ1n) is 7.17. The summed E-state index contributed by atoms with van der Waals surface area (Å²) in [5, 5.41) is 4.38. The number of rotatable bonds is 5. The Morgan fingerprint density at radius 3 is 2.82 bits per heavy atom. The number of nitrogens with zero attached hydrogens (tertiary/aromatic N) is 3. The van der Waals surface area contributed by atoms with Gasteiger partial charge in [0.2, 0.25) is 0 Å². The van der Waals surface area contributed by atoms with Crippen LogP contribution in [0.4, 0.5) is 0 Å². The van der Waals surface area contributed by atoms with Gasteiger partial charge < -0.3 is 4.74 Å². The maximum absolute atomic E-state index is 5.40. The van der Waals surface area contributed by atoms with Gasteiger partial charge in [0.05, 0.1) is 17.8 Å². The molecule has 0 spiro atoms. The van der Waals surface area contributed by atoms with E-state index in [4.69, 9.17) is 4.74 Å². The van der Waals surface area contributed by atoms with Crippen molar-refractivity contribution in [3.8, 4) is 5.75 Å². The minimum absolute atomic E-state index is 0.817. The van der Waals surface area contributed by atoms with E-state index >= 15 is 0 Å². The third-order valence-corrected chi connectivity index (χ3v) is 4.40. The van der Waals surface area contributed by atoms with Gasteiger partial charge in [-0.05, 0) is 31.7 Å². The fraction of sp³-hybridized carbons (Fsp3) is 0.294. The second-order valence-corrected chi connectivity index (χ2v) is 6.42. The predicted molar refractivity (Wildman–Crippen MR) is 90.3 cm³/mol. The van der Waals surface area contributed by atoms with Crippen LogP contribution in [0.25, 0.3) is 10.9 Å². The predicted octanol–water partition coefficient (Wildman–Crippen LogP) is 3.64. The monoisotopic (exact) mass is 313 g/mol. The molecule has 4 nitrogen and oxygen atoms in total. The average Bonchev–Trinajstić information content (AvgIpc) is 2.92. The summed E-state index contributed by atoms with van der Waals surface area (Å²) in [5.41, 5.74) is 3.29. The Morgan fingerprint density at radius 1 is 1.23 bits per heavy atom. The van der Waals surface area contributed by atoms with Crippen molar-refractivity contribution in [1.82, 2.24) is 14.9 Å². The maximum atomic E-state index is 5.40. The quantitative estimate of drug-likeness (QED) is 0.721. The number of thiazole rings is 1. The number of aromatic nitrogens is 2. The molecule has 0 saturated heterocycles. The van der Waals surface area contributed by atoms with Crippen LogP contribution in [-0.4, -0.2) is 29.0 Å². The smallest absolute Gasteiger partial charge is 0.145 e. The van der Waals surface area contributed by atoms with Crippen molar-refractivity contribution in [3.05, 3.63) is 52.1 Å². The number of pyridine rings is 1. The van der Waals surface area contributed by atoms with E-state index in [2.05, 4.69) is 39.4 Å². The van der Waals surface area contributed by atoms with Gasteiger partial charge >= 0.3 is 0 Å². The Kier molecular flexibility index (Phi) is 4.36. The number of benzene rings is 1. The first kappa shape index (κ1) is 14.9. The molecule has 1 aromatic carbocycles. The fourth-order valence-corrected chi connectivity index (χ4v) is 3.22. The van der Waals surface area contributed by atoms with Gasteiger partial charge in [-0.1, -0.05) is 12.1 Å². The van der Waals surface area contributed by atoms with Crippen molar-refractivity contribution in [2.24, 2.45) is 0 Å². The minimum Gasteiger partial charge on any atom is -0.494 e. The van der Waals surface area contributed by atoms with Crippen LogP contribution in [-0.2, 0) is 13.1 Å². The molecule has 0 saturated carbocycles. The third-order valence-electron chi connectivity index (χ3n) is 3.58. The van der Waals surface area contributed by atoms with Crippen molar-refractivity contribution < 1.29 is 4.74 Å². The molecule has 0 N–H and O–H groups in total. The summed E-state index contributed by atoms with van der Waals surface area (Å²) in [7, 11) is 3.79. The molecule has 0 atom stereocenters. The van der Waals surface area contributed by atoms with E-state index < -0.39 is 0 Å². The zero-order chi connectivity index (χ0) is 15.5. The van der Waals surface area contributed by atoms with Crippen LogP contribution in [0.1, 0.15) is 16.3 Å². The van der Waals surface area contributed by atoms with E-state index in [1.165, 1.54) is 5.56 Å². The molecule has 22 heavy (non-hydrogen) atoms. The highest BCUT2D eigenvalue weighted by molar-refractivity contribution is 7.09. The lowest BCUT2D eigenvalue weighted by atomic mass is 10.1. The van der Waals surface area contributed by atoms with E-state index in [-0.39, 0.29) is 0 Å². The van der Waals surface area contributed by atoms with Crippen molar-refractivity contribution >= 4 is 22.2 Å². The summed E-state index contributed by atoms with van der Waals surface area (Å²) < 4.78 is 5.40. The number of methoxy groups -OCH3 is 1. The third kappa shape index (κ3) is 3.10. The highest BCUT2D eigenvalue weighted by Crippen LogP contribution is 2.27. The molecule has 0 bridgehead atoms. The van der Waals surface area contributed by atoms with Crippen LogP contribution < -0.4 is 4.74 Å². The molecular weight excluding hydrogens is 294 g/mol. The number of aryl methyl sites for hydroxylation is 1. The second kappa shape index (κ2) is 6.42. The Hall–Kier alpha value is -1.98. The zero-order valence-electron chi connectivity index (χ0n) is 13.0. The van der Waals surface area contributed by atoms with E-state index in [9.17, 15) is 0 Å². The molecule has 114 valence electrons. The standard InChI is InChI=1S/C17H19N3OS/c1-12-19-14(11-22-12)10-20(2)9-13-6-7-16(21-3)17-15(13)5-4-8-18-17/h4-8,11H,9-10H2,1-3H3. The number of hydrogen-bond acceptors (Lipinski definition) is 5.